The molecule has 1 aliphatic rings. The Bertz CT molecular complexity index is 1090. The minimum absolute atomic E-state index is 0.0406. The SMILES string of the molecule is Cc1ccc(CNS(=O)(=O)c2cc(N3C(=O)CCS3(=O)=O)ccc2C)cc1. The zero-order chi connectivity index (χ0) is 19.8. The first-order chi connectivity index (χ1) is 12.6. The summed E-state index contributed by atoms with van der Waals surface area (Å²) in [6.07, 6.45) is -0.107. The van der Waals surface area contributed by atoms with Gasteiger partial charge in [-0.2, -0.15) is 0 Å². The number of sulfonamides is 2. The first-order valence-corrected chi connectivity index (χ1v) is 11.4. The Morgan fingerprint density at radius 3 is 2.33 bits per heavy atom. The zero-order valence-corrected chi connectivity index (χ0v) is 16.6. The van der Waals surface area contributed by atoms with Crippen molar-refractivity contribution in [2.75, 3.05) is 10.1 Å². The van der Waals surface area contributed by atoms with Crippen molar-refractivity contribution < 1.29 is 21.6 Å². The van der Waals surface area contributed by atoms with E-state index in [1.165, 1.54) is 18.2 Å². The number of carbonyl (C=O) groups is 1. The summed E-state index contributed by atoms with van der Waals surface area (Å²) >= 11 is 0. The number of benzene rings is 2. The van der Waals surface area contributed by atoms with E-state index in [0.717, 1.165) is 11.1 Å². The van der Waals surface area contributed by atoms with Crippen LogP contribution in [0.3, 0.4) is 0 Å². The van der Waals surface area contributed by atoms with Crippen LogP contribution >= 0.6 is 0 Å². The van der Waals surface area contributed by atoms with Crippen LogP contribution < -0.4 is 9.03 Å². The molecule has 1 N–H and O–H groups in total. The van der Waals surface area contributed by atoms with Gasteiger partial charge in [0, 0.05) is 13.0 Å². The molecular formula is C18H20N2O5S2. The number of hydrogen-bond donors (Lipinski definition) is 1. The van der Waals surface area contributed by atoms with Crippen molar-refractivity contribution in [2.24, 2.45) is 0 Å². The summed E-state index contributed by atoms with van der Waals surface area (Å²) in [4.78, 5) is 11.9. The molecule has 1 amide bonds. The lowest BCUT2D eigenvalue weighted by Gasteiger charge is -2.17. The van der Waals surface area contributed by atoms with Gasteiger partial charge in [0.25, 0.3) is 0 Å². The van der Waals surface area contributed by atoms with Crippen LogP contribution in [0, 0.1) is 13.8 Å². The van der Waals surface area contributed by atoms with Crippen molar-refractivity contribution in [3.8, 4) is 0 Å². The van der Waals surface area contributed by atoms with Crippen LogP contribution in [0.15, 0.2) is 47.4 Å². The second kappa shape index (κ2) is 7.06. The highest BCUT2D eigenvalue weighted by atomic mass is 32.2. The maximum atomic E-state index is 12.7. The first-order valence-electron chi connectivity index (χ1n) is 8.32. The molecule has 0 bridgehead atoms. The molecule has 1 aliphatic heterocycles. The lowest BCUT2D eigenvalue weighted by molar-refractivity contribution is -0.116. The van der Waals surface area contributed by atoms with E-state index in [1.807, 2.05) is 31.2 Å². The Labute approximate surface area is 159 Å². The summed E-state index contributed by atoms with van der Waals surface area (Å²) in [6.45, 7) is 3.66. The van der Waals surface area contributed by atoms with Gasteiger partial charge in [-0.1, -0.05) is 35.9 Å². The normalized spacial score (nSPS) is 16.7. The predicted octanol–water partition coefficient (Wildman–Crippen LogP) is 1.85. The van der Waals surface area contributed by atoms with E-state index in [1.54, 1.807) is 6.92 Å². The van der Waals surface area contributed by atoms with Crippen molar-refractivity contribution in [1.29, 1.82) is 0 Å². The van der Waals surface area contributed by atoms with Crippen molar-refractivity contribution in [2.45, 2.75) is 31.7 Å². The van der Waals surface area contributed by atoms with Gasteiger partial charge in [0.1, 0.15) is 0 Å². The second-order valence-electron chi connectivity index (χ2n) is 6.48. The number of aryl methyl sites for hydroxylation is 2. The van der Waals surface area contributed by atoms with Crippen molar-refractivity contribution in [3.63, 3.8) is 0 Å². The monoisotopic (exact) mass is 408 g/mol. The van der Waals surface area contributed by atoms with Crippen LogP contribution in [-0.4, -0.2) is 28.5 Å². The van der Waals surface area contributed by atoms with Crippen LogP contribution in [0.2, 0.25) is 0 Å². The highest BCUT2D eigenvalue weighted by Gasteiger charge is 2.36. The Kier molecular flexibility index (Phi) is 5.11. The van der Waals surface area contributed by atoms with Gasteiger partial charge in [-0.3, -0.25) is 4.79 Å². The summed E-state index contributed by atoms with van der Waals surface area (Å²) in [5.74, 6) is -0.831. The third-order valence-corrected chi connectivity index (χ3v) is 7.60. The fraction of sp³-hybridized carbons (Fsp3) is 0.278. The van der Waals surface area contributed by atoms with Gasteiger partial charge < -0.3 is 0 Å². The average Bonchev–Trinajstić information content (AvgIpc) is 2.88. The summed E-state index contributed by atoms with van der Waals surface area (Å²) in [6, 6.07) is 11.6. The second-order valence-corrected chi connectivity index (χ2v) is 10.2. The van der Waals surface area contributed by atoms with Gasteiger partial charge in [0.15, 0.2) is 0 Å². The standard InChI is InChI=1S/C18H20N2O5S2/c1-13-3-6-15(7-4-13)12-19-27(24,25)17-11-16(8-5-14(17)2)20-18(21)9-10-26(20,22)23/h3-8,11,19H,9-10,12H2,1-2H3. The maximum Gasteiger partial charge on any atom is 0.242 e. The molecule has 0 aromatic heterocycles. The third kappa shape index (κ3) is 4.05. The van der Waals surface area contributed by atoms with Gasteiger partial charge in [-0.15, -0.1) is 0 Å². The summed E-state index contributed by atoms with van der Waals surface area (Å²) < 4.78 is 52.9. The molecule has 2 aromatic carbocycles. The van der Waals surface area contributed by atoms with Gasteiger partial charge in [-0.05, 0) is 37.1 Å². The molecule has 7 nitrogen and oxygen atoms in total. The van der Waals surface area contributed by atoms with Gasteiger partial charge in [-0.25, -0.2) is 25.9 Å². The molecule has 0 unspecified atom stereocenters. The largest absolute Gasteiger partial charge is 0.273 e. The van der Waals surface area contributed by atoms with Crippen LogP contribution in [0.5, 0.6) is 0 Å². The fourth-order valence-corrected chi connectivity index (χ4v) is 5.57. The van der Waals surface area contributed by atoms with Gasteiger partial charge >= 0.3 is 0 Å². The number of hydrogen-bond acceptors (Lipinski definition) is 5. The number of carbonyl (C=O) groups excluding carboxylic acids is 1. The van der Waals surface area contributed by atoms with Crippen molar-refractivity contribution >= 4 is 31.6 Å². The summed E-state index contributed by atoms with van der Waals surface area (Å²) in [5.41, 5.74) is 2.37. The molecule has 3 rings (SSSR count). The molecule has 9 heteroatoms. The minimum Gasteiger partial charge on any atom is -0.273 e. The van der Waals surface area contributed by atoms with Crippen molar-refractivity contribution in [1.82, 2.24) is 4.72 Å². The third-order valence-electron chi connectivity index (χ3n) is 4.36. The Morgan fingerprint density at radius 1 is 1.07 bits per heavy atom. The highest BCUT2D eigenvalue weighted by Crippen LogP contribution is 2.29. The Hall–Kier alpha value is -2.23. The zero-order valence-electron chi connectivity index (χ0n) is 15.0. The lowest BCUT2D eigenvalue weighted by Crippen LogP contribution is -2.30. The van der Waals surface area contributed by atoms with E-state index in [4.69, 9.17) is 0 Å². The molecule has 2 aromatic rings. The molecule has 0 saturated carbocycles. The first kappa shape index (κ1) is 19.5. The van der Waals surface area contributed by atoms with Crippen LogP contribution in [0.4, 0.5) is 5.69 Å². The number of rotatable bonds is 5. The molecular weight excluding hydrogens is 388 g/mol. The molecule has 27 heavy (non-hydrogen) atoms. The van der Waals surface area contributed by atoms with E-state index in [-0.39, 0.29) is 29.3 Å². The quantitative estimate of drug-likeness (QED) is 0.814. The molecule has 0 atom stereocenters. The molecule has 0 spiro atoms. The Morgan fingerprint density at radius 2 is 1.74 bits per heavy atom. The number of nitrogens with zero attached hydrogens (tertiary/aromatic N) is 1. The predicted molar refractivity (Wildman–Crippen MR) is 102 cm³/mol. The van der Waals surface area contributed by atoms with E-state index in [0.29, 0.717) is 9.87 Å². The topological polar surface area (TPSA) is 101 Å². The molecule has 1 saturated heterocycles. The molecule has 144 valence electrons. The molecule has 0 radical (unpaired) electrons. The van der Waals surface area contributed by atoms with E-state index < -0.39 is 26.0 Å². The molecule has 0 aliphatic carbocycles. The fourth-order valence-electron chi connectivity index (χ4n) is 2.84. The summed E-state index contributed by atoms with van der Waals surface area (Å²) in [5, 5.41) is 0. The smallest absolute Gasteiger partial charge is 0.242 e. The maximum absolute atomic E-state index is 12.7. The van der Waals surface area contributed by atoms with Crippen LogP contribution in [-0.2, 0) is 31.4 Å². The van der Waals surface area contributed by atoms with E-state index in [2.05, 4.69) is 4.72 Å². The number of nitrogens with one attached hydrogen (secondary N) is 1. The number of anilines is 1. The lowest BCUT2D eigenvalue weighted by atomic mass is 10.2. The van der Waals surface area contributed by atoms with Gasteiger partial charge in [0.05, 0.1) is 16.3 Å². The minimum atomic E-state index is -3.89. The average molecular weight is 409 g/mol. The number of amides is 1. The van der Waals surface area contributed by atoms with Crippen molar-refractivity contribution in [3.05, 3.63) is 59.2 Å². The van der Waals surface area contributed by atoms with Crippen LogP contribution in [0.1, 0.15) is 23.1 Å². The van der Waals surface area contributed by atoms with E-state index in [9.17, 15) is 21.6 Å². The summed E-state index contributed by atoms with van der Waals surface area (Å²) in [7, 11) is -7.64. The van der Waals surface area contributed by atoms with E-state index >= 15 is 0 Å². The van der Waals surface area contributed by atoms with Crippen LogP contribution in [0.25, 0.3) is 0 Å². The Balaban J connectivity index is 1.91. The highest BCUT2D eigenvalue weighted by molar-refractivity contribution is 7.94. The molecule has 1 fully saturated rings. The van der Waals surface area contributed by atoms with Gasteiger partial charge in [0.2, 0.25) is 26.0 Å². The molecule has 1 heterocycles.